The van der Waals surface area contributed by atoms with Crippen LogP contribution in [-0.2, 0) is 9.84 Å². The molecule has 1 amide bonds. The predicted molar refractivity (Wildman–Crippen MR) is 120 cm³/mol. The lowest BCUT2D eigenvalue weighted by Gasteiger charge is -2.25. The van der Waals surface area contributed by atoms with Crippen molar-refractivity contribution in [1.29, 1.82) is 0 Å². The molecular formula is C22H24ClN3O4S. The summed E-state index contributed by atoms with van der Waals surface area (Å²) in [6.45, 7) is 1.97. The quantitative estimate of drug-likeness (QED) is 0.548. The predicted octanol–water partition coefficient (Wildman–Crippen LogP) is 3.82. The summed E-state index contributed by atoms with van der Waals surface area (Å²) >= 11 is 5.96. The SMILES string of the molecule is CCS(=O)(=O)c1ccc(-c2cc(C(=O)NCC(c3ccc(Cl)cc3)N(C)C)no2)cc1. The van der Waals surface area contributed by atoms with Crippen LogP contribution in [0.4, 0.5) is 0 Å². The number of likely N-dealkylation sites (N-methyl/N-ethyl adjacent to an activating group) is 1. The number of nitrogens with one attached hydrogen (secondary N) is 1. The number of nitrogens with zero attached hydrogens (tertiary/aromatic N) is 2. The molecule has 1 atom stereocenters. The maximum Gasteiger partial charge on any atom is 0.273 e. The van der Waals surface area contributed by atoms with Crippen LogP contribution in [-0.4, -0.2) is 50.8 Å². The minimum Gasteiger partial charge on any atom is -0.355 e. The second-order valence-electron chi connectivity index (χ2n) is 7.25. The summed E-state index contributed by atoms with van der Waals surface area (Å²) < 4.78 is 29.2. The van der Waals surface area contributed by atoms with Gasteiger partial charge in [0.05, 0.1) is 16.7 Å². The molecule has 164 valence electrons. The van der Waals surface area contributed by atoms with Gasteiger partial charge in [0.25, 0.3) is 5.91 Å². The average molecular weight is 462 g/mol. The zero-order valence-electron chi connectivity index (χ0n) is 17.5. The van der Waals surface area contributed by atoms with E-state index in [0.717, 1.165) is 5.56 Å². The van der Waals surface area contributed by atoms with Crippen LogP contribution < -0.4 is 5.32 Å². The minimum absolute atomic E-state index is 0.0307. The largest absolute Gasteiger partial charge is 0.355 e. The molecule has 0 saturated heterocycles. The third-order valence-electron chi connectivity index (χ3n) is 4.95. The van der Waals surface area contributed by atoms with E-state index in [-0.39, 0.29) is 28.3 Å². The second-order valence-corrected chi connectivity index (χ2v) is 9.96. The Labute approximate surface area is 186 Å². The van der Waals surface area contributed by atoms with Crippen LogP contribution in [0.1, 0.15) is 29.0 Å². The van der Waals surface area contributed by atoms with Crippen molar-refractivity contribution in [1.82, 2.24) is 15.4 Å². The van der Waals surface area contributed by atoms with Gasteiger partial charge in [0.2, 0.25) is 0 Å². The van der Waals surface area contributed by atoms with E-state index in [1.807, 2.05) is 43.3 Å². The zero-order chi connectivity index (χ0) is 22.6. The van der Waals surface area contributed by atoms with Crippen LogP contribution in [0, 0.1) is 0 Å². The Bertz CT molecular complexity index is 1140. The number of hydrogen-bond donors (Lipinski definition) is 1. The number of benzene rings is 2. The van der Waals surface area contributed by atoms with Gasteiger partial charge in [0, 0.05) is 23.2 Å². The van der Waals surface area contributed by atoms with Gasteiger partial charge in [-0.25, -0.2) is 8.42 Å². The summed E-state index contributed by atoms with van der Waals surface area (Å²) in [6.07, 6.45) is 0. The molecule has 0 radical (unpaired) electrons. The van der Waals surface area contributed by atoms with Gasteiger partial charge in [-0.1, -0.05) is 35.8 Å². The molecule has 9 heteroatoms. The lowest BCUT2D eigenvalue weighted by molar-refractivity contribution is 0.0933. The van der Waals surface area contributed by atoms with Crippen LogP contribution in [0.2, 0.25) is 5.02 Å². The van der Waals surface area contributed by atoms with Gasteiger partial charge in [-0.2, -0.15) is 0 Å². The molecule has 3 aromatic rings. The number of rotatable bonds is 8. The maximum atomic E-state index is 12.6. The van der Waals surface area contributed by atoms with Gasteiger partial charge in [-0.05, 0) is 56.1 Å². The number of carbonyl (C=O) groups excluding carboxylic acids is 1. The van der Waals surface area contributed by atoms with Crippen molar-refractivity contribution in [2.24, 2.45) is 0 Å². The first-order valence-corrected chi connectivity index (χ1v) is 11.7. The molecule has 2 aromatic carbocycles. The number of amides is 1. The van der Waals surface area contributed by atoms with Crippen LogP contribution in [0.3, 0.4) is 0 Å². The summed E-state index contributed by atoms with van der Waals surface area (Å²) in [6, 6.07) is 15.3. The smallest absolute Gasteiger partial charge is 0.273 e. The molecule has 1 N–H and O–H groups in total. The Hall–Kier alpha value is -2.68. The van der Waals surface area contributed by atoms with Crippen molar-refractivity contribution in [3.63, 3.8) is 0 Å². The molecule has 1 heterocycles. The third kappa shape index (κ3) is 5.52. The number of aromatic nitrogens is 1. The van der Waals surface area contributed by atoms with Gasteiger partial charge >= 0.3 is 0 Å². The van der Waals surface area contributed by atoms with E-state index in [0.29, 0.717) is 22.9 Å². The van der Waals surface area contributed by atoms with Crippen molar-refractivity contribution in [2.75, 3.05) is 26.4 Å². The average Bonchev–Trinajstić information content (AvgIpc) is 3.25. The fourth-order valence-electron chi connectivity index (χ4n) is 3.07. The van der Waals surface area contributed by atoms with Gasteiger partial charge in [0.15, 0.2) is 21.3 Å². The maximum absolute atomic E-state index is 12.6. The summed E-state index contributed by atoms with van der Waals surface area (Å²) in [4.78, 5) is 14.8. The number of carbonyl (C=O) groups is 1. The molecule has 0 spiro atoms. The van der Waals surface area contributed by atoms with Crippen LogP contribution in [0.25, 0.3) is 11.3 Å². The van der Waals surface area contributed by atoms with Gasteiger partial charge < -0.3 is 14.7 Å². The standard InChI is InChI=1S/C22H24ClN3O4S/c1-4-31(28,29)18-11-7-16(8-12-18)21-13-19(25-30-21)22(27)24-14-20(26(2)3)15-5-9-17(23)10-6-15/h5-13,20H,4,14H2,1-3H3,(H,24,27). The van der Waals surface area contributed by atoms with E-state index < -0.39 is 9.84 Å². The third-order valence-corrected chi connectivity index (χ3v) is 6.96. The first-order chi connectivity index (χ1) is 14.7. The van der Waals surface area contributed by atoms with E-state index >= 15 is 0 Å². The number of hydrogen-bond acceptors (Lipinski definition) is 6. The number of sulfone groups is 1. The van der Waals surface area contributed by atoms with Crippen molar-refractivity contribution in [3.05, 3.63) is 70.9 Å². The van der Waals surface area contributed by atoms with E-state index in [1.54, 1.807) is 19.1 Å². The van der Waals surface area contributed by atoms with Crippen LogP contribution in [0.5, 0.6) is 0 Å². The Balaban J connectivity index is 1.69. The molecule has 1 aromatic heterocycles. The normalized spacial score (nSPS) is 12.7. The van der Waals surface area contributed by atoms with E-state index in [2.05, 4.69) is 10.5 Å². The fourth-order valence-corrected chi connectivity index (χ4v) is 4.08. The van der Waals surface area contributed by atoms with E-state index in [9.17, 15) is 13.2 Å². The Morgan fingerprint density at radius 3 is 2.35 bits per heavy atom. The van der Waals surface area contributed by atoms with Crippen LogP contribution in [0.15, 0.2) is 64.0 Å². The van der Waals surface area contributed by atoms with Crippen molar-refractivity contribution >= 4 is 27.3 Å². The van der Waals surface area contributed by atoms with Crippen molar-refractivity contribution in [2.45, 2.75) is 17.9 Å². The zero-order valence-corrected chi connectivity index (χ0v) is 19.1. The van der Waals surface area contributed by atoms with E-state index in [4.69, 9.17) is 16.1 Å². The highest BCUT2D eigenvalue weighted by Gasteiger charge is 2.19. The lowest BCUT2D eigenvalue weighted by atomic mass is 10.1. The van der Waals surface area contributed by atoms with Gasteiger partial charge in [-0.3, -0.25) is 4.79 Å². The molecule has 0 aliphatic carbocycles. The Morgan fingerprint density at radius 1 is 1.13 bits per heavy atom. The molecule has 0 aliphatic rings. The van der Waals surface area contributed by atoms with E-state index in [1.165, 1.54) is 18.2 Å². The molecule has 31 heavy (non-hydrogen) atoms. The molecular weight excluding hydrogens is 438 g/mol. The first kappa shape index (κ1) is 23.0. The van der Waals surface area contributed by atoms with Crippen LogP contribution >= 0.6 is 11.6 Å². The number of halogens is 1. The topological polar surface area (TPSA) is 92.5 Å². The minimum atomic E-state index is -3.28. The molecule has 0 aliphatic heterocycles. The lowest BCUT2D eigenvalue weighted by Crippen LogP contribution is -2.34. The molecule has 3 rings (SSSR count). The van der Waals surface area contributed by atoms with Gasteiger partial charge in [0.1, 0.15) is 0 Å². The fraction of sp³-hybridized carbons (Fsp3) is 0.273. The monoisotopic (exact) mass is 461 g/mol. The van der Waals surface area contributed by atoms with Crippen molar-refractivity contribution in [3.8, 4) is 11.3 Å². The summed E-state index contributed by atoms with van der Waals surface area (Å²) in [5.41, 5.74) is 1.81. The first-order valence-electron chi connectivity index (χ1n) is 9.71. The highest BCUT2D eigenvalue weighted by molar-refractivity contribution is 7.91. The molecule has 0 fully saturated rings. The molecule has 7 nitrogen and oxygen atoms in total. The second kappa shape index (κ2) is 9.64. The van der Waals surface area contributed by atoms with Gasteiger partial charge in [-0.15, -0.1) is 0 Å². The molecule has 0 bridgehead atoms. The molecule has 0 saturated carbocycles. The Kier molecular flexibility index (Phi) is 7.15. The van der Waals surface area contributed by atoms with Crippen molar-refractivity contribution < 1.29 is 17.7 Å². The Morgan fingerprint density at radius 2 is 1.77 bits per heavy atom. The highest BCUT2D eigenvalue weighted by Crippen LogP contribution is 2.23. The summed E-state index contributed by atoms with van der Waals surface area (Å²) in [5.74, 6) is 0.0524. The highest BCUT2D eigenvalue weighted by atomic mass is 35.5. The summed E-state index contributed by atoms with van der Waals surface area (Å²) in [7, 11) is 0.590. The molecule has 1 unspecified atom stereocenters. The summed E-state index contributed by atoms with van der Waals surface area (Å²) in [5, 5.41) is 7.38.